The molecule has 1 aromatic rings. The maximum absolute atomic E-state index is 14.2. The second-order valence-electron chi connectivity index (χ2n) is 12.5. The lowest BCUT2D eigenvalue weighted by Crippen LogP contribution is -2.58. The van der Waals surface area contributed by atoms with E-state index in [-0.39, 0.29) is 23.8 Å². The molecule has 1 aromatic carbocycles. The first-order valence-electron chi connectivity index (χ1n) is 13.1. The van der Waals surface area contributed by atoms with Crippen LogP contribution in [0.15, 0.2) is 30.3 Å². The largest absolute Gasteiger partial charge is 0.444 e. The zero-order valence-corrected chi connectivity index (χ0v) is 24.3. The predicted octanol–water partition coefficient (Wildman–Crippen LogP) is 5.85. The predicted molar refractivity (Wildman–Crippen MR) is 145 cm³/mol. The van der Waals surface area contributed by atoms with Crippen molar-refractivity contribution < 1.29 is 19.1 Å². The molecule has 1 rings (SSSR count). The Morgan fingerprint density at radius 3 is 1.89 bits per heavy atom. The molecule has 0 saturated heterocycles. The molecule has 0 aliphatic rings. The summed E-state index contributed by atoms with van der Waals surface area (Å²) < 4.78 is 5.45. The van der Waals surface area contributed by atoms with E-state index in [1.807, 2.05) is 71.9 Å². The van der Waals surface area contributed by atoms with Gasteiger partial charge >= 0.3 is 6.09 Å². The summed E-state index contributed by atoms with van der Waals surface area (Å²) >= 11 is 0. The van der Waals surface area contributed by atoms with Crippen molar-refractivity contribution in [1.29, 1.82) is 0 Å². The van der Waals surface area contributed by atoms with Crippen molar-refractivity contribution in [2.24, 2.45) is 11.8 Å². The van der Waals surface area contributed by atoms with Gasteiger partial charge in [-0.1, -0.05) is 58.0 Å². The van der Waals surface area contributed by atoms with Crippen molar-refractivity contribution in [3.63, 3.8) is 0 Å². The van der Waals surface area contributed by atoms with Crippen LogP contribution in [0.5, 0.6) is 0 Å². The van der Waals surface area contributed by atoms with E-state index in [1.165, 1.54) is 0 Å². The molecule has 0 radical (unpaired) electrons. The van der Waals surface area contributed by atoms with Crippen LogP contribution in [0.4, 0.5) is 4.79 Å². The summed E-state index contributed by atoms with van der Waals surface area (Å²) in [4.78, 5) is 42.3. The number of amides is 3. The Morgan fingerprint density at radius 1 is 0.889 bits per heavy atom. The molecule has 0 spiro atoms. The molecule has 0 bridgehead atoms. The normalized spacial score (nSPS) is 14.7. The van der Waals surface area contributed by atoms with E-state index in [4.69, 9.17) is 4.74 Å². The Kier molecular flexibility index (Phi) is 11.5. The van der Waals surface area contributed by atoms with Gasteiger partial charge in [0, 0.05) is 11.6 Å². The van der Waals surface area contributed by atoms with E-state index in [1.54, 1.807) is 25.7 Å². The highest BCUT2D eigenvalue weighted by molar-refractivity contribution is 5.92. The van der Waals surface area contributed by atoms with Gasteiger partial charge in [-0.15, -0.1) is 0 Å². The molecular weight excluding hydrogens is 454 g/mol. The summed E-state index contributed by atoms with van der Waals surface area (Å²) in [5.41, 5.74) is -0.451. The summed E-state index contributed by atoms with van der Waals surface area (Å²) in [5.74, 6) is -0.320. The number of alkyl carbamates (subject to hydrolysis) is 1. The van der Waals surface area contributed by atoms with Gasteiger partial charge < -0.3 is 20.3 Å². The average molecular weight is 504 g/mol. The van der Waals surface area contributed by atoms with Crippen LogP contribution < -0.4 is 10.6 Å². The van der Waals surface area contributed by atoms with Crippen molar-refractivity contribution in [1.82, 2.24) is 15.5 Å². The number of hydrogen-bond donors (Lipinski definition) is 2. The minimum Gasteiger partial charge on any atom is -0.444 e. The molecule has 0 heterocycles. The fourth-order valence-electron chi connectivity index (χ4n) is 3.93. The van der Waals surface area contributed by atoms with Gasteiger partial charge in [-0.3, -0.25) is 9.59 Å². The summed E-state index contributed by atoms with van der Waals surface area (Å²) in [6, 6.07) is 7.42. The monoisotopic (exact) mass is 503 g/mol. The SMILES string of the molecule is CC(C)CCC(C)N(C(=O)C(NC(=O)OC(C)(C)C)C(C)C)C(C(=O)NC(C)(C)C)c1ccccc1. The van der Waals surface area contributed by atoms with E-state index in [9.17, 15) is 14.4 Å². The van der Waals surface area contributed by atoms with Gasteiger partial charge in [0.1, 0.15) is 17.7 Å². The molecule has 3 amide bonds. The zero-order valence-electron chi connectivity index (χ0n) is 24.3. The minimum absolute atomic E-state index is 0.216. The van der Waals surface area contributed by atoms with Crippen LogP contribution in [0.1, 0.15) is 101 Å². The molecule has 3 atom stereocenters. The summed E-state index contributed by atoms with van der Waals surface area (Å²) in [6.07, 6.45) is 0.978. The van der Waals surface area contributed by atoms with Crippen LogP contribution in [0.3, 0.4) is 0 Å². The van der Waals surface area contributed by atoms with Gasteiger partial charge in [0.15, 0.2) is 0 Å². The molecule has 0 aromatic heterocycles. The van der Waals surface area contributed by atoms with Crippen LogP contribution in [0, 0.1) is 11.8 Å². The zero-order chi connectivity index (χ0) is 27.8. The molecule has 0 aliphatic heterocycles. The molecule has 0 aliphatic carbocycles. The maximum atomic E-state index is 14.2. The first kappa shape index (κ1) is 31.5. The molecule has 0 fully saturated rings. The Balaban J connectivity index is 3.56. The fraction of sp³-hybridized carbons (Fsp3) is 0.690. The molecule has 204 valence electrons. The number of nitrogens with zero attached hydrogens (tertiary/aromatic N) is 1. The number of hydrogen-bond acceptors (Lipinski definition) is 4. The highest BCUT2D eigenvalue weighted by Gasteiger charge is 2.40. The molecule has 36 heavy (non-hydrogen) atoms. The smallest absolute Gasteiger partial charge is 0.408 e. The Morgan fingerprint density at radius 2 is 1.44 bits per heavy atom. The van der Waals surface area contributed by atoms with Crippen molar-refractivity contribution in [2.75, 3.05) is 0 Å². The van der Waals surface area contributed by atoms with Gasteiger partial charge in [-0.05, 0) is 78.7 Å². The van der Waals surface area contributed by atoms with E-state index in [0.717, 1.165) is 18.4 Å². The topological polar surface area (TPSA) is 87.7 Å². The van der Waals surface area contributed by atoms with Crippen LogP contribution >= 0.6 is 0 Å². The molecule has 0 saturated carbocycles. The minimum atomic E-state index is -0.852. The van der Waals surface area contributed by atoms with Crippen LogP contribution in [0.25, 0.3) is 0 Å². The summed E-state index contributed by atoms with van der Waals surface area (Å²) in [7, 11) is 0. The number of benzene rings is 1. The number of carbonyl (C=O) groups is 3. The van der Waals surface area contributed by atoms with Crippen molar-refractivity contribution in [3.8, 4) is 0 Å². The first-order chi connectivity index (χ1) is 16.4. The van der Waals surface area contributed by atoms with Crippen molar-refractivity contribution in [3.05, 3.63) is 35.9 Å². The Bertz CT molecular complexity index is 854. The first-order valence-corrected chi connectivity index (χ1v) is 13.1. The molecular formula is C29H49N3O4. The highest BCUT2D eigenvalue weighted by Crippen LogP contribution is 2.29. The third-order valence-electron chi connectivity index (χ3n) is 5.64. The highest BCUT2D eigenvalue weighted by atomic mass is 16.6. The molecule has 7 nitrogen and oxygen atoms in total. The maximum Gasteiger partial charge on any atom is 0.408 e. The second-order valence-corrected chi connectivity index (χ2v) is 12.5. The van der Waals surface area contributed by atoms with E-state index in [2.05, 4.69) is 24.5 Å². The van der Waals surface area contributed by atoms with Gasteiger partial charge in [0.25, 0.3) is 0 Å². The van der Waals surface area contributed by atoms with Crippen LogP contribution in [-0.4, -0.2) is 46.0 Å². The number of nitrogens with one attached hydrogen (secondary N) is 2. The fourth-order valence-corrected chi connectivity index (χ4v) is 3.93. The standard InChI is InChI=1S/C29H49N3O4/c1-19(2)17-18-21(5)32(26(34)23(20(3)4)30-27(35)36-29(9,10)11)24(22-15-13-12-14-16-22)25(33)31-28(6,7)8/h12-16,19-21,23-24H,17-18H2,1-11H3,(H,30,35)(H,31,33). The van der Waals surface area contributed by atoms with E-state index >= 15 is 0 Å². The van der Waals surface area contributed by atoms with Crippen molar-refractivity contribution >= 4 is 17.9 Å². The Hall–Kier alpha value is -2.57. The third kappa shape index (κ3) is 10.6. The van der Waals surface area contributed by atoms with Gasteiger partial charge in [-0.25, -0.2) is 4.79 Å². The number of ether oxygens (including phenoxy) is 1. The lowest BCUT2D eigenvalue weighted by Gasteiger charge is -2.40. The summed E-state index contributed by atoms with van der Waals surface area (Å²) in [6.45, 7) is 21.1. The lowest BCUT2D eigenvalue weighted by atomic mass is 9.94. The lowest BCUT2D eigenvalue weighted by molar-refractivity contribution is -0.146. The van der Waals surface area contributed by atoms with E-state index < -0.39 is 29.3 Å². The van der Waals surface area contributed by atoms with Gasteiger partial charge in [-0.2, -0.15) is 0 Å². The molecule has 7 heteroatoms. The van der Waals surface area contributed by atoms with Gasteiger partial charge in [0.2, 0.25) is 11.8 Å². The summed E-state index contributed by atoms with van der Waals surface area (Å²) in [5, 5.41) is 5.85. The number of rotatable bonds is 10. The Labute approximate surface area is 218 Å². The molecule has 3 unspecified atom stereocenters. The average Bonchev–Trinajstić information content (AvgIpc) is 2.71. The van der Waals surface area contributed by atoms with E-state index in [0.29, 0.717) is 5.92 Å². The quantitative estimate of drug-likeness (QED) is 0.420. The van der Waals surface area contributed by atoms with Crippen molar-refractivity contribution in [2.45, 2.75) is 118 Å². The third-order valence-corrected chi connectivity index (χ3v) is 5.64. The van der Waals surface area contributed by atoms with Crippen LogP contribution in [-0.2, 0) is 14.3 Å². The van der Waals surface area contributed by atoms with Gasteiger partial charge in [0.05, 0.1) is 0 Å². The van der Waals surface area contributed by atoms with Crippen LogP contribution in [0.2, 0.25) is 0 Å². The molecule has 2 N–H and O–H groups in total. The number of carbonyl (C=O) groups excluding carboxylic acids is 3. The second kappa shape index (κ2) is 13.1.